The van der Waals surface area contributed by atoms with Crippen LogP contribution in [0, 0.1) is 5.92 Å². The standard InChI is InChI=1S/C30H32N4O2.C26H27N3O2.C23H21N3O2.C19H20N4O.C13H14BrN5O/c31-29-33-30(25-15-6-2-7-16-25,26-17-8-3-9-18-26)28(36)34(29)21-23-13-10-14-24(19-23)27(35)32-20-22-11-4-1-5-12-22;1-2-3-18-31-23-16-14-20(15-17-23)19-29-24(30)26(28-25(29)27,21-10-6-4-7-11-21)22-12-8-5-9-13-22;1-26-21(27)23(25-22(26)24,18-10-4-3-5-11-18)19-12-6-8-16(14-19)17-9-7-13-20(15-17)28-2;1-23-17(24)11-19(22-18(23)20)8-2-4-13-6-7-14(10-16(13)19)15-5-3-9-21-12-15;1-13(6-10(20)19(2)12(15)16-13)7-3-4-8-9(5-7)17-18-11(8)14/h2-3,6-10,13-19,22H,1,4-5,11-12,20-21H2,(H2,31,33)(H,32,35);4-17H,2-3,18-19H2,1H3,(H2,27,28);3-15H,1-2H3,(H2,24,25);3,5-7,9-10,12H,2,4,8,11H2,1H3,(H2,20,22);3-5H,6H2,1-2H3,(H2,15,16)(H,17,18)/t;;;19-;13-/m...00/s1. The molecule has 27 nitrogen and oxygen atoms in total. The Kier molecular flexibility index (Phi) is 29.3. The lowest BCUT2D eigenvalue weighted by atomic mass is 9.73. The minimum absolute atomic E-state index is 0.0298. The van der Waals surface area contributed by atoms with E-state index in [1.807, 2.05) is 286 Å². The zero-order valence-corrected chi connectivity index (χ0v) is 80.3. The summed E-state index contributed by atoms with van der Waals surface area (Å²) in [6, 6.07) is 94.9. The number of fused-ring (bicyclic) bond motifs is 3. The number of pyridine rings is 1. The average Bonchev–Trinajstić information content (AvgIpc) is 1.75. The van der Waals surface area contributed by atoms with Gasteiger partial charge in [0.25, 0.3) is 23.6 Å². The third kappa shape index (κ3) is 20.3. The van der Waals surface area contributed by atoms with E-state index in [-0.39, 0.29) is 65.8 Å². The Hall–Kier alpha value is -15.7. The second-order valence-corrected chi connectivity index (χ2v) is 36.6. The number of rotatable bonds is 21. The molecule has 11 aromatic carbocycles. The van der Waals surface area contributed by atoms with Crippen molar-refractivity contribution in [2.75, 3.05) is 41.4 Å². The molecule has 2 aromatic heterocycles. The molecule has 139 heavy (non-hydrogen) atoms. The van der Waals surface area contributed by atoms with Crippen LogP contribution in [0.1, 0.15) is 156 Å². The molecule has 6 amide bonds. The Morgan fingerprint density at radius 3 is 1.54 bits per heavy atom. The van der Waals surface area contributed by atoms with Gasteiger partial charge in [0.1, 0.15) is 16.1 Å². The Morgan fingerprint density at radius 2 is 0.993 bits per heavy atom. The van der Waals surface area contributed by atoms with Crippen molar-refractivity contribution in [3.8, 4) is 33.8 Å². The van der Waals surface area contributed by atoms with Crippen LogP contribution in [0.15, 0.2) is 339 Å². The van der Waals surface area contributed by atoms with Gasteiger partial charge in [-0.1, -0.05) is 263 Å². The molecule has 12 N–H and O–H groups in total. The van der Waals surface area contributed by atoms with E-state index < -0.39 is 27.7 Å². The molecule has 0 saturated heterocycles. The summed E-state index contributed by atoms with van der Waals surface area (Å²) in [5, 5.41) is 11.2. The summed E-state index contributed by atoms with van der Waals surface area (Å²) in [6.45, 7) is 6.05. The highest BCUT2D eigenvalue weighted by atomic mass is 79.9. The number of aryl methyl sites for hydroxylation is 1. The maximum Gasteiger partial charge on any atom is 0.266 e. The van der Waals surface area contributed by atoms with E-state index in [4.69, 9.17) is 53.1 Å². The highest BCUT2D eigenvalue weighted by molar-refractivity contribution is 9.10. The van der Waals surface area contributed by atoms with Gasteiger partial charge in [-0.05, 0) is 217 Å². The lowest BCUT2D eigenvalue weighted by Crippen LogP contribution is -2.49. The van der Waals surface area contributed by atoms with E-state index in [1.165, 1.54) is 57.3 Å². The Bertz CT molecular complexity index is 6730. The number of nitrogens with two attached hydrogens (primary N) is 5. The molecular formula is C111H114BrN19O8. The maximum atomic E-state index is 14.0. The van der Waals surface area contributed by atoms with Gasteiger partial charge in [0.05, 0.1) is 56.2 Å². The largest absolute Gasteiger partial charge is 0.497 e. The smallest absolute Gasteiger partial charge is 0.266 e. The fourth-order valence-corrected chi connectivity index (χ4v) is 19.4. The molecule has 7 aliphatic rings. The first-order valence-electron chi connectivity index (χ1n) is 46.8. The highest BCUT2D eigenvalue weighted by Crippen LogP contribution is 2.48. The summed E-state index contributed by atoms with van der Waals surface area (Å²) >= 11 is 3.40. The molecule has 2 aliphatic carbocycles. The van der Waals surface area contributed by atoms with Crippen molar-refractivity contribution < 1.29 is 38.2 Å². The molecule has 28 heteroatoms. The van der Waals surface area contributed by atoms with Gasteiger partial charge in [-0.15, -0.1) is 0 Å². The molecule has 0 bridgehead atoms. The molecule has 5 aliphatic heterocycles. The van der Waals surface area contributed by atoms with Crippen LogP contribution in [0.25, 0.3) is 33.2 Å². The number of halogens is 1. The lowest BCUT2D eigenvalue weighted by Gasteiger charge is -2.40. The van der Waals surface area contributed by atoms with Gasteiger partial charge in [-0.25, -0.2) is 25.0 Å². The third-order valence-electron chi connectivity index (χ3n) is 26.8. The normalized spacial score (nSPS) is 19.1. The SMILES string of the molecule is CCCCOc1ccc(CN2C(=O)C(c3ccccc3)(c3ccccc3)N=C2N)cc1.CN1C(=O)C[C@@](C)(c2ccc3c(Br)[nH]nc3c2)N=C1N.CN1C(=O)C[C@]2(CCCc3ccc(-c4cccnc4)cc32)N=C1N.COc1cccc(-c2cccc(C3(c4ccccc4)N=C(N)N(C)C3=O)c2)c1.NC1=NC(c2ccccc2)(c2ccccc2)C(=O)N1Cc1cccc(C(=O)NCC2CCCCC2)c1. The van der Waals surface area contributed by atoms with Crippen LogP contribution in [0.3, 0.4) is 0 Å². The van der Waals surface area contributed by atoms with Gasteiger partial charge in [0, 0.05) is 51.0 Å². The van der Waals surface area contributed by atoms with Crippen LogP contribution in [0.5, 0.6) is 11.5 Å². The number of ether oxygens (including phenoxy) is 2. The number of benzene rings is 11. The molecule has 1 fully saturated rings. The van der Waals surface area contributed by atoms with Gasteiger partial charge >= 0.3 is 0 Å². The number of likely N-dealkylation sites (N-methyl/N-ethyl adjacent to an activating group) is 1. The quantitative estimate of drug-likeness (QED) is 0.0329. The van der Waals surface area contributed by atoms with Crippen LogP contribution in [-0.2, 0) is 71.2 Å². The number of H-pyrrole nitrogens is 1. The van der Waals surface area contributed by atoms with Gasteiger partial charge < -0.3 is 43.5 Å². The molecule has 0 radical (unpaired) electrons. The molecule has 13 aromatic rings. The number of carbonyl (C=O) groups excluding carboxylic acids is 6. The molecule has 708 valence electrons. The van der Waals surface area contributed by atoms with Crippen LogP contribution >= 0.6 is 15.9 Å². The summed E-state index contributed by atoms with van der Waals surface area (Å²) in [4.78, 5) is 113. The molecule has 1 saturated carbocycles. The number of amides is 6. The molecule has 1 spiro atoms. The molecule has 20 rings (SSSR count). The summed E-state index contributed by atoms with van der Waals surface area (Å²) in [7, 11) is 6.61. The highest BCUT2D eigenvalue weighted by Gasteiger charge is 2.54. The Labute approximate surface area is 817 Å². The average molecular weight is 1920 g/mol. The summed E-state index contributed by atoms with van der Waals surface area (Å²) < 4.78 is 11.9. The van der Waals surface area contributed by atoms with Crippen LogP contribution in [-0.4, -0.2) is 146 Å². The van der Waals surface area contributed by atoms with E-state index in [2.05, 4.69) is 71.5 Å². The number of hydrogen-bond donors (Lipinski definition) is 7. The second kappa shape index (κ2) is 42.3. The van der Waals surface area contributed by atoms with E-state index in [0.717, 1.165) is 137 Å². The fourth-order valence-electron chi connectivity index (χ4n) is 19.0. The van der Waals surface area contributed by atoms with E-state index in [9.17, 15) is 28.8 Å². The number of methoxy groups -OCH3 is 1. The maximum absolute atomic E-state index is 14.0. The fraction of sp³-hybridized carbons (Fsp3) is 0.252. The molecule has 7 heterocycles. The van der Waals surface area contributed by atoms with Crippen molar-refractivity contribution in [3.63, 3.8) is 0 Å². The Balaban J connectivity index is 0.000000127. The van der Waals surface area contributed by atoms with E-state index in [1.54, 1.807) is 45.4 Å². The zero-order valence-electron chi connectivity index (χ0n) is 78.7. The summed E-state index contributed by atoms with van der Waals surface area (Å²) in [6.07, 6.45) is 15.5. The number of nitrogens with one attached hydrogen (secondary N) is 2. The monoisotopic (exact) mass is 1920 g/mol. The number of hydrogen-bond acceptors (Lipinski definition) is 20. The summed E-state index contributed by atoms with van der Waals surface area (Å²) in [5.74, 6) is 2.71. The van der Waals surface area contributed by atoms with Crippen LogP contribution in [0.2, 0.25) is 0 Å². The van der Waals surface area contributed by atoms with Gasteiger partial charge in [0.15, 0.2) is 46.4 Å². The predicted molar refractivity (Wildman–Crippen MR) is 547 cm³/mol. The number of aliphatic imine (C=N–C) groups is 5. The number of aromatic amines is 1. The predicted octanol–water partition coefficient (Wildman–Crippen LogP) is 16.6. The minimum atomic E-state index is -1.23. The molecule has 3 atom stereocenters. The number of aromatic nitrogens is 3. The van der Waals surface area contributed by atoms with E-state index in [0.29, 0.717) is 50.0 Å². The third-order valence-corrected chi connectivity index (χ3v) is 27.4. The van der Waals surface area contributed by atoms with Gasteiger partial charge in [-0.2, -0.15) is 5.10 Å². The van der Waals surface area contributed by atoms with Crippen molar-refractivity contribution in [2.45, 2.75) is 132 Å². The lowest BCUT2D eigenvalue weighted by molar-refractivity contribution is -0.131. The van der Waals surface area contributed by atoms with Gasteiger partial charge in [0.2, 0.25) is 11.8 Å². The zero-order chi connectivity index (χ0) is 97.6. The Morgan fingerprint density at radius 1 is 0.475 bits per heavy atom. The van der Waals surface area contributed by atoms with Crippen molar-refractivity contribution in [3.05, 3.63) is 381 Å². The van der Waals surface area contributed by atoms with E-state index >= 15 is 0 Å². The van der Waals surface area contributed by atoms with Crippen molar-refractivity contribution in [1.82, 2.24) is 45.0 Å². The summed E-state index contributed by atoms with van der Waals surface area (Å²) in [5.41, 5.74) is 41.2. The molecular weight excluding hydrogens is 1810 g/mol. The van der Waals surface area contributed by atoms with Crippen molar-refractivity contribution in [1.29, 1.82) is 0 Å². The first-order valence-corrected chi connectivity index (χ1v) is 47.6. The number of unbranched alkanes of at least 4 members (excludes halogenated alkanes) is 1. The first kappa shape index (κ1) is 96.4. The van der Waals surface area contributed by atoms with Crippen LogP contribution < -0.4 is 43.5 Å². The second-order valence-electron chi connectivity index (χ2n) is 35.8. The number of nitrogens with zero attached hydrogens (tertiary/aromatic N) is 12. The number of carbonyl (C=O) groups is 6. The first-order chi connectivity index (χ1) is 67.3. The number of guanidine groups is 5. The van der Waals surface area contributed by atoms with Crippen molar-refractivity contribution in [2.24, 2.45) is 59.5 Å². The minimum Gasteiger partial charge on any atom is -0.497 e. The van der Waals surface area contributed by atoms with Crippen LogP contribution in [0.4, 0.5) is 0 Å². The van der Waals surface area contributed by atoms with Gasteiger partial charge in [-0.3, -0.25) is 63.3 Å². The topological polar surface area (TPSA) is 383 Å². The molecule has 1 unspecified atom stereocenters. The van der Waals surface area contributed by atoms with Crippen molar-refractivity contribution >= 4 is 92.1 Å².